The van der Waals surface area contributed by atoms with Crippen LogP contribution in [0.2, 0.25) is 0 Å². The molecule has 0 saturated heterocycles. The number of carbonyl (C=O) groups is 1. The maximum absolute atomic E-state index is 13.5. The Morgan fingerprint density at radius 1 is 1.26 bits per heavy atom. The number of nitrogens with zero attached hydrogens (tertiary/aromatic N) is 2. The van der Waals surface area contributed by atoms with E-state index in [4.69, 9.17) is 4.74 Å². The summed E-state index contributed by atoms with van der Waals surface area (Å²) in [6.45, 7) is 9.19. The second kappa shape index (κ2) is 7.66. The van der Waals surface area contributed by atoms with Crippen molar-refractivity contribution in [1.29, 1.82) is 0 Å². The molecule has 0 aliphatic rings. The van der Waals surface area contributed by atoms with Gasteiger partial charge in [-0.15, -0.1) is 0 Å². The number of rotatable bonds is 4. The number of imidazole rings is 1. The van der Waals surface area contributed by atoms with E-state index >= 15 is 0 Å². The van der Waals surface area contributed by atoms with E-state index < -0.39 is 23.1 Å². The largest absolute Gasteiger partial charge is 0.461 e. The lowest BCUT2D eigenvalue weighted by atomic mass is 9.95. The summed E-state index contributed by atoms with van der Waals surface area (Å²) in [4.78, 5) is 16.6. The van der Waals surface area contributed by atoms with Gasteiger partial charge in [-0.1, -0.05) is 42.8 Å². The minimum absolute atomic E-state index is 0.0486. The topological polar surface area (TPSA) is 44.1 Å². The molecule has 0 amide bonds. The fourth-order valence-electron chi connectivity index (χ4n) is 2.81. The van der Waals surface area contributed by atoms with E-state index in [0.717, 1.165) is 6.07 Å². The number of hydrogen-bond donors (Lipinski definition) is 0. The summed E-state index contributed by atoms with van der Waals surface area (Å²) in [5, 5.41) is 0. The Bertz CT molecular complexity index is 852. The molecule has 0 radical (unpaired) electrons. The van der Waals surface area contributed by atoms with Crippen molar-refractivity contribution >= 4 is 21.9 Å². The molecule has 1 aromatic carbocycles. The van der Waals surface area contributed by atoms with Gasteiger partial charge in [0, 0.05) is 22.1 Å². The number of ether oxygens (including phenoxy) is 1. The van der Waals surface area contributed by atoms with Gasteiger partial charge < -0.3 is 9.30 Å². The molecule has 8 heteroatoms. The van der Waals surface area contributed by atoms with Crippen LogP contribution in [0.3, 0.4) is 0 Å². The molecule has 2 rings (SSSR count). The average molecular weight is 447 g/mol. The van der Waals surface area contributed by atoms with Gasteiger partial charge in [0.2, 0.25) is 0 Å². The maximum atomic E-state index is 13.5. The summed E-state index contributed by atoms with van der Waals surface area (Å²) < 4.78 is 47.5. The number of halogens is 4. The second-order valence-corrected chi connectivity index (χ2v) is 8.14. The second-order valence-electron chi connectivity index (χ2n) is 7.23. The number of hydrogen-bond acceptors (Lipinski definition) is 3. The van der Waals surface area contributed by atoms with Crippen LogP contribution in [0.25, 0.3) is 0 Å². The highest BCUT2D eigenvalue weighted by Gasteiger charge is 2.35. The zero-order chi connectivity index (χ0) is 20.6. The van der Waals surface area contributed by atoms with Gasteiger partial charge in [0.05, 0.1) is 12.2 Å². The molecule has 27 heavy (non-hydrogen) atoms. The summed E-state index contributed by atoms with van der Waals surface area (Å²) in [6, 6.07) is 4.06. The standard InChI is InChI=1S/C19H22BrF3N2O2/c1-6-27-16(26)15-11(2)25(17(24-15)18(3,4)5)10-12-7-8-13(20)9-14(12)19(21,22)23/h7-9H,6,10H2,1-5H3. The van der Waals surface area contributed by atoms with Gasteiger partial charge >= 0.3 is 12.1 Å². The SMILES string of the molecule is CCOC(=O)c1nc(C(C)(C)C)n(Cc2ccc(Br)cc2C(F)(F)F)c1C. The van der Waals surface area contributed by atoms with E-state index in [0.29, 0.717) is 16.0 Å². The van der Waals surface area contributed by atoms with Crippen LogP contribution in [0, 0.1) is 6.92 Å². The lowest BCUT2D eigenvalue weighted by molar-refractivity contribution is -0.138. The van der Waals surface area contributed by atoms with Crippen LogP contribution in [0.1, 0.15) is 60.8 Å². The molecule has 4 nitrogen and oxygen atoms in total. The van der Waals surface area contributed by atoms with Crippen LogP contribution in [0.15, 0.2) is 22.7 Å². The molecule has 0 atom stereocenters. The Morgan fingerprint density at radius 2 is 1.89 bits per heavy atom. The molecule has 1 aromatic heterocycles. The molecule has 0 aliphatic carbocycles. The summed E-state index contributed by atoms with van der Waals surface area (Å²) in [5.74, 6) is -0.0507. The predicted octanol–water partition coefficient (Wildman–Crippen LogP) is 5.50. The van der Waals surface area contributed by atoms with Crippen molar-refractivity contribution in [1.82, 2.24) is 9.55 Å². The third kappa shape index (κ3) is 4.72. The Kier molecular flexibility index (Phi) is 6.09. The van der Waals surface area contributed by atoms with Gasteiger partial charge in [0.1, 0.15) is 5.82 Å². The molecule has 0 aliphatic heterocycles. The molecule has 0 unspecified atom stereocenters. The highest BCUT2D eigenvalue weighted by molar-refractivity contribution is 9.10. The molecule has 0 spiro atoms. The Balaban J connectivity index is 2.61. The molecule has 1 heterocycles. The molecular formula is C19H22BrF3N2O2. The van der Waals surface area contributed by atoms with Crippen molar-refractivity contribution < 1.29 is 22.7 Å². The van der Waals surface area contributed by atoms with Gasteiger partial charge in [-0.25, -0.2) is 9.78 Å². The number of aromatic nitrogens is 2. The van der Waals surface area contributed by atoms with E-state index in [9.17, 15) is 18.0 Å². The summed E-state index contributed by atoms with van der Waals surface area (Å²) in [7, 11) is 0. The lowest BCUT2D eigenvalue weighted by Crippen LogP contribution is -2.21. The van der Waals surface area contributed by atoms with E-state index in [1.807, 2.05) is 20.8 Å². The first-order chi connectivity index (χ1) is 12.4. The molecular weight excluding hydrogens is 425 g/mol. The molecule has 148 valence electrons. The minimum Gasteiger partial charge on any atom is -0.461 e. The van der Waals surface area contributed by atoms with E-state index in [1.165, 1.54) is 6.07 Å². The van der Waals surface area contributed by atoms with Crippen molar-refractivity contribution in [2.75, 3.05) is 6.61 Å². The zero-order valence-electron chi connectivity index (χ0n) is 15.9. The monoisotopic (exact) mass is 446 g/mol. The van der Waals surface area contributed by atoms with Gasteiger partial charge in [-0.3, -0.25) is 0 Å². The van der Waals surface area contributed by atoms with Gasteiger partial charge in [-0.2, -0.15) is 13.2 Å². The fraction of sp³-hybridized carbons (Fsp3) is 0.474. The van der Waals surface area contributed by atoms with Gasteiger partial charge in [0.25, 0.3) is 0 Å². The van der Waals surface area contributed by atoms with Crippen molar-refractivity contribution in [3.05, 3.63) is 51.0 Å². The summed E-state index contributed by atoms with van der Waals surface area (Å²) in [6.07, 6.45) is -4.49. The first-order valence-corrected chi connectivity index (χ1v) is 9.26. The first-order valence-electron chi connectivity index (χ1n) is 8.46. The Labute approximate surface area is 164 Å². The predicted molar refractivity (Wildman–Crippen MR) is 99.9 cm³/mol. The number of alkyl halides is 3. The van der Waals surface area contributed by atoms with E-state index in [-0.39, 0.29) is 24.4 Å². The maximum Gasteiger partial charge on any atom is 0.416 e. The summed E-state index contributed by atoms with van der Waals surface area (Å²) in [5.41, 5.74) is -0.472. The third-order valence-corrected chi connectivity index (χ3v) is 4.56. The van der Waals surface area contributed by atoms with Crippen LogP contribution in [-0.4, -0.2) is 22.1 Å². The van der Waals surface area contributed by atoms with Crippen molar-refractivity contribution in [3.63, 3.8) is 0 Å². The van der Waals surface area contributed by atoms with Crippen LogP contribution < -0.4 is 0 Å². The van der Waals surface area contributed by atoms with E-state index in [1.54, 1.807) is 24.5 Å². The van der Waals surface area contributed by atoms with Crippen LogP contribution in [0.5, 0.6) is 0 Å². The number of carbonyl (C=O) groups excluding carboxylic acids is 1. The number of benzene rings is 1. The van der Waals surface area contributed by atoms with Crippen molar-refractivity contribution in [2.45, 2.75) is 52.8 Å². The minimum atomic E-state index is -4.49. The number of esters is 1. The van der Waals surface area contributed by atoms with Crippen molar-refractivity contribution in [2.24, 2.45) is 0 Å². The first kappa shape index (κ1) is 21.5. The van der Waals surface area contributed by atoms with Gasteiger partial charge in [-0.05, 0) is 31.5 Å². The Hall–Kier alpha value is -1.83. The quantitative estimate of drug-likeness (QED) is 0.582. The molecule has 0 bridgehead atoms. The normalized spacial score (nSPS) is 12.3. The summed E-state index contributed by atoms with van der Waals surface area (Å²) >= 11 is 3.09. The lowest BCUT2D eigenvalue weighted by Gasteiger charge is -2.22. The molecule has 0 N–H and O–H groups in total. The van der Waals surface area contributed by atoms with Crippen LogP contribution >= 0.6 is 15.9 Å². The zero-order valence-corrected chi connectivity index (χ0v) is 17.5. The molecule has 2 aromatic rings. The van der Waals surface area contributed by atoms with Crippen molar-refractivity contribution in [3.8, 4) is 0 Å². The fourth-order valence-corrected chi connectivity index (χ4v) is 3.17. The van der Waals surface area contributed by atoms with Crippen LogP contribution in [-0.2, 0) is 22.9 Å². The van der Waals surface area contributed by atoms with E-state index in [2.05, 4.69) is 20.9 Å². The highest BCUT2D eigenvalue weighted by Crippen LogP contribution is 2.35. The average Bonchev–Trinajstić information content (AvgIpc) is 2.85. The third-order valence-electron chi connectivity index (χ3n) is 4.07. The van der Waals surface area contributed by atoms with Gasteiger partial charge in [0.15, 0.2) is 5.69 Å². The molecule has 0 saturated carbocycles. The highest BCUT2D eigenvalue weighted by atomic mass is 79.9. The Morgan fingerprint density at radius 3 is 2.41 bits per heavy atom. The van der Waals surface area contributed by atoms with Crippen LogP contribution in [0.4, 0.5) is 13.2 Å². The smallest absolute Gasteiger partial charge is 0.416 e. The molecule has 0 fully saturated rings.